The Bertz CT molecular complexity index is 674. The highest BCUT2D eigenvalue weighted by Crippen LogP contribution is 2.15. The molecule has 0 amide bonds. The Morgan fingerprint density at radius 3 is 2.45 bits per heavy atom. The molecule has 0 aliphatic rings. The smallest absolute Gasteiger partial charge is 0.132 e. The first-order chi connectivity index (χ1) is 9.81. The standard InChI is InChI=1S/C16H15N3O/c17-13-6-8-16(9-7-13)20-12-14-10-11-19(18-14)15-4-2-1-3-5-15/h1-11H,12,17H2. The average molecular weight is 265 g/mol. The second kappa shape index (κ2) is 5.48. The predicted octanol–water partition coefficient (Wildman–Crippen LogP) is 3.03. The summed E-state index contributed by atoms with van der Waals surface area (Å²) in [5, 5.41) is 4.48. The summed E-state index contributed by atoms with van der Waals surface area (Å²) in [4.78, 5) is 0. The second-order valence-electron chi connectivity index (χ2n) is 4.44. The van der Waals surface area contributed by atoms with Gasteiger partial charge in [-0.25, -0.2) is 4.68 Å². The van der Waals surface area contributed by atoms with E-state index >= 15 is 0 Å². The van der Waals surface area contributed by atoms with Crippen molar-refractivity contribution in [2.24, 2.45) is 0 Å². The van der Waals surface area contributed by atoms with Gasteiger partial charge in [-0.15, -0.1) is 0 Å². The number of benzene rings is 2. The van der Waals surface area contributed by atoms with Crippen LogP contribution in [0.15, 0.2) is 66.9 Å². The van der Waals surface area contributed by atoms with E-state index in [9.17, 15) is 0 Å². The minimum Gasteiger partial charge on any atom is -0.487 e. The van der Waals surface area contributed by atoms with Crippen LogP contribution in [-0.4, -0.2) is 9.78 Å². The number of para-hydroxylation sites is 1. The molecule has 20 heavy (non-hydrogen) atoms. The fourth-order valence-electron chi connectivity index (χ4n) is 1.88. The third-order valence-electron chi connectivity index (χ3n) is 2.93. The van der Waals surface area contributed by atoms with Crippen molar-refractivity contribution >= 4 is 5.69 Å². The van der Waals surface area contributed by atoms with Gasteiger partial charge in [0.1, 0.15) is 18.1 Å². The van der Waals surface area contributed by atoms with Gasteiger partial charge in [0, 0.05) is 11.9 Å². The van der Waals surface area contributed by atoms with Crippen molar-refractivity contribution in [2.45, 2.75) is 6.61 Å². The van der Waals surface area contributed by atoms with Gasteiger partial charge in [-0.3, -0.25) is 0 Å². The van der Waals surface area contributed by atoms with Gasteiger partial charge in [0.2, 0.25) is 0 Å². The molecule has 4 heteroatoms. The minimum atomic E-state index is 0.434. The normalized spacial score (nSPS) is 10.4. The molecule has 2 N–H and O–H groups in total. The molecule has 3 aromatic rings. The summed E-state index contributed by atoms with van der Waals surface area (Å²) in [6.07, 6.45) is 1.93. The molecular weight excluding hydrogens is 250 g/mol. The summed E-state index contributed by atoms with van der Waals surface area (Å²) in [5.41, 5.74) is 8.27. The van der Waals surface area contributed by atoms with E-state index < -0.39 is 0 Å². The van der Waals surface area contributed by atoms with Gasteiger partial charge >= 0.3 is 0 Å². The SMILES string of the molecule is Nc1ccc(OCc2ccn(-c3ccccc3)n2)cc1. The molecule has 2 aromatic carbocycles. The Balaban J connectivity index is 1.67. The number of nitrogens with zero attached hydrogens (tertiary/aromatic N) is 2. The molecule has 0 bridgehead atoms. The zero-order chi connectivity index (χ0) is 13.8. The van der Waals surface area contributed by atoms with Crippen LogP contribution < -0.4 is 10.5 Å². The van der Waals surface area contributed by atoms with Crippen molar-refractivity contribution < 1.29 is 4.74 Å². The fraction of sp³-hybridized carbons (Fsp3) is 0.0625. The average Bonchev–Trinajstić information content (AvgIpc) is 2.97. The van der Waals surface area contributed by atoms with Gasteiger partial charge in [-0.05, 0) is 42.5 Å². The van der Waals surface area contributed by atoms with Gasteiger partial charge in [0.15, 0.2) is 0 Å². The van der Waals surface area contributed by atoms with E-state index in [1.807, 2.05) is 71.5 Å². The molecule has 100 valence electrons. The van der Waals surface area contributed by atoms with E-state index in [2.05, 4.69) is 5.10 Å². The van der Waals surface area contributed by atoms with Crippen LogP contribution in [0.25, 0.3) is 5.69 Å². The van der Waals surface area contributed by atoms with Crippen LogP contribution in [0.4, 0.5) is 5.69 Å². The number of hydrogen-bond donors (Lipinski definition) is 1. The highest BCUT2D eigenvalue weighted by Gasteiger charge is 2.02. The van der Waals surface area contributed by atoms with Crippen LogP contribution in [0.5, 0.6) is 5.75 Å². The summed E-state index contributed by atoms with van der Waals surface area (Å²) in [6, 6.07) is 19.3. The Morgan fingerprint density at radius 2 is 1.70 bits per heavy atom. The van der Waals surface area contributed by atoms with E-state index in [1.54, 1.807) is 0 Å². The van der Waals surface area contributed by atoms with Gasteiger partial charge in [-0.1, -0.05) is 18.2 Å². The Kier molecular flexibility index (Phi) is 3.37. The molecule has 0 aliphatic carbocycles. The Morgan fingerprint density at radius 1 is 0.950 bits per heavy atom. The van der Waals surface area contributed by atoms with E-state index in [1.165, 1.54) is 0 Å². The topological polar surface area (TPSA) is 53.1 Å². The number of nitrogen functional groups attached to an aromatic ring is 1. The third kappa shape index (κ3) is 2.80. The molecule has 0 atom stereocenters. The van der Waals surface area contributed by atoms with Crippen molar-refractivity contribution in [1.29, 1.82) is 0 Å². The second-order valence-corrected chi connectivity index (χ2v) is 4.44. The molecule has 0 spiro atoms. The van der Waals surface area contributed by atoms with Gasteiger partial charge in [-0.2, -0.15) is 5.10 Å². The van der Waals surface area contributed by atoms with Gasteiger partial charge in [0.05, 0.1) is 5.69 Å². The number of hydrogen-bond acceptors (Lipinski definition) is 3. The van der Waals surface area contributed by atoms with Crippen molar-refractivity contribution in [3.8, 4) is 11.4 Å². The highest BCUT2D eigenvalue weighted by molar-refractivity contribution is 5.41. The van der Waals surface area contributed by atoms with Crippen LogP contribution in [0.2, 0.25) is 0 Å². The van der Waals surface area contributed by atoms with Crippen LogP contribution in [-0.2, 0) is 6.61 Å². The lowest BCUT2D eigenvalue weighted by molar-refractivity contribution is 0.300. The van der Waals surface area contributed by atoms with Crippen LogP contribution in [0, 0.1) is 0 Å². The van der Waals surface area contributed by atoms with Crippen molar-refractivity contribution in [2.75, 3.05) is 5.73 Å². The number of aromatic nitrogens is 2. The first-order valence-corrected chi connectivity index (χ1v) is 6.39. The lowest BCUT2D eigenvalue weighted by Crippen LogP contribution is -1.99. The van der Waals surface area contributed by atoms with Crippen molar-refractivity contribution in [3.05, 3.63) is 72.6 Å². The maximum Gasteiger partial charge on any atom is 0.132 e. The third-order valence-corrected chi connectivity index (χ3v) is 2.93. The molecule has 4 nitrogen and oxygen atoms in total. The van der Waals surface area contributed by atoms with Crippen LogP contribution >= 0.6 is 0 Å². The molecule has 0 aliphatic heterocycles. The maximum absolute atomic E-state index is 5.66. The molecule has 1 aromatic heterocycles. The van der Waals surface area contributed by atoms with Crippen molar-refractivity contribution in [1.82, 2.24) is 9.78 Å². The first-order valence-electron chi connectivity index (χ1n) is 6.39. The lowest BCUT2D eigenvalue weighted by atomic mass is 10.3. The van der Waals surface area contributed by atoms with E-state index in [-0.39, 0.29) is 0 Å². The summed E-state index contributed by atoms with van der Waals surface area (Å²) in [5.74, 6) is 0.786. The van der Waals surface area contributed by atoms with Gasteiger partial charge in [0.25, 0.3) is 0 Å². The summed E-state index contributed by atoms with van der Waals surface area (Å²) >= 11 is 0. The van der Waals surface area contributed by atoms with E-state index in [0.717, 1.165) is 22.8 Å². The summed E-state index contributed by atoms with van der Waals surface area (Å²) < 4.78 is 7.50. The number of anilines is 1. The Hall–Kier alpha value is -2.75. The van der Waals surface area contributed by atoms with Crippen molar-refractivity contribution in [3.63, 3.8) is 0 Å². The molecular formula is C16H15N3O. The fourth-order valence-corrected chi connectivity index (χ4v) is 1.88. The number of nitrogens with two attached hydrogens (primary N) is 1. The monoisotopic (exact) mass is 265 g/mol. The highest BCUT2D eigenvalue weighted by atomic mass is 16.5. The zero-order valence-corrected chi connectivity index (χ0v) is 10.9. The molecule has 0 saturated heterocycles. The molecule has 0 radical (unpaired) electrons. The largest absolute Gasteiger partial charge is 0.487 e. The van der Waals surface area contributed by atoms with Gasteiger partial charge < -0.3 is 10.5 Å². The molecule has 1 heterocycles. The predicted molar refractivity (Wildman–Crippen MR) is 78.8 cm³/mol. The first kappa shape index (κ1) is 12.3. The molecule has 0 fully saturated rings. The molecule has 0 saturated carbocycles. The minimum absolute atomic E-state index is 0.434. The number of rotatable bonds is 4. The summed E-state index contributed by atoms with van der Waals surface area (Å²) in [6.45, 7) is 0.434. The Labute approximate surface area is 117 Å². The molecule has 0 unspecified atom stereocenters. The van der Waals surface area contributed by atoms with E-state index in [4.69, 9.17) is 10.5 Å². The van der Waals surface area contributed by atoms with Crippen LogP contribution in [0.3, 0.4) is 0 Å². The molecule has 3 rings (SSSR count). The zero-order valence-electron chi connectivity index (χ0n) is 10.9. The van der Waals surface area contributed by atoms with Crippen LogP contribution in [0.1, 0.15) is 5.69 Å². The van der Waals surface area contributed by atoms with E-state index in [0.29, 0.717) is 6.61 Å². The number of ether oxygens (including phenoxy) is 1. The lowest BCUT2D eigenvalue weighted by Gasteiger charge is -2.04. The quantitative estimate of drug-likeness (QED) is 0.738. The maximum atomic E-state index is 5.66. The summed E-state index contributed by atoms with van der Waals surface area (Å²) in [7, 11) is 0.